The molecule has 18 heteroatoms. The molecule has 0 aromatic heterocycles. The highest BCUT2D eigenvalue weighted by Gasteiger charge is 2.48. The molecule has 0 aliphatic carbocycles. The molecule has 0 saturated carbocycles. The molecule has 1 saturated heterocycles. The number of rotatable bonds is 30. The lowest BCUT2D eigenvalue weighted by atomic mass is 9.98. The number of hydrogen-bond donors (Lipinski definition) is 4. The lowest BCUT2D eigenvalue weighted by Crippen LogP contribution is -2.62. The highest BCUT2D eigenvalue weighted by atomic mass is 32.2. The van der Waals surface area contributed by atoms with E-state index < -0.39 is 54.6 Å². The largest absolute Gasteiger partial charge is 0.481 e. The predicted molar refractivity (Wildman–Crippen MR) is 174 cm³/mol. The molecule has 5 atom stereocenters. The van der Waals surface area contributed by atoms with Crippen LogP contribution in [0.3, 0.4) is 0 Å². The molecule has 0 unspecified atom stereocenters. The van der Waals surface area contributed by atoms with Crippen molar-refractivity contribution < 1.29 is 68.0 Å². The van der Waals surface area contributed by atoms with Gasteiger partial charge in [-0.2, -0.15) is 47.0 Å². The van der Waals surface area contributed by atoms with Crippen molar-refractivity contribution in [3.63, 3.8) is 0 Å². The van der Waals surface area contributed by atoms with E-state index >= 15 is 0 Å². The monoisotopic (exact) mass is 722 g/mol. The van der Waals surface area contributed by atoms with Crippen molar-refractivity contribution in [3.8, 4) is 0 Å². The van der Waals surface area contributed by atoms with Crippen LogP contribution in [0.1, 0.15) is 25.7 Å². The van der Waals surface area contributed by atoms with Crippen molar-refractivity contribution in [1.82, 2.24) is 0 Å². The maximum absolute atomic E-state index is 10.8. The number of thioether (sulfide) groups is 4. The number of carbonyl (C=O) groups is 4. The summed E-state index contributed by atoms with van der Waals surface area (Å²) in [7, 11) is 1.49. The lowest BCUT2D eigenvalue weighted by Gasteiger charge is -2.45. The molecular formula is C27H46O14S4. The molecule has 0 amide bonds. The smallest absolute Gasteiger partial charge is 0.313 e. The Hall–Kier alpha value is -0.960. The van der Waals surface area contributed by atoms with Crippen LogP contribution in [0.2, 0.25) is 0 Å². The number of methoxy groups -OCH3 is 1. The van der Waals surface area contributed by atoms with E-state index in [0.29, 0.717) is 75.1 Å². The average molecular weight is 723 g/mol. The quantitative estimate of drug-likeness (QED) is 0.0786. The summed E-state index contributed by atoms with van der Waals surface area (Å²) in [5.74, 6) is -1.15. The molecule has 1 aliphatic heterocycles. The van der Waals surface area contributed by atoms with Crippen molar-refractivity contribution in [2.75, 3.05) is 86.2 Å². The highest BCUT2D eigenvalue weighted by molar-refractivity contribution is 8.00. The van der Waals surface area contributed by atoms with Crippen LogP contribution in [-0.2, 0) is 47.6 Å². The molecule has 0 aromatic carbocycles. The van der Waals surface area contributed by atoms with E-state index in [0.717, 1.165) is 0 Å². The van der Waals surface area contributed by atoms with Crippen LogP contribution in [0.4, 0.5) is 0 Å². The van der Waals surface area contributed by atoms with Crippen LogP contribution < -0.4 is 0 Å². The van der Waals surface area contributed by atoms with Gasteiger partial charge in [0.25, 0.3) is 0 Å². The number of ether oxygens (including phenoxy) is 6. The zero-order valence-electron chi connectivity index (χ0n) is 25.4. The number of aliphatic carboxylic acids is 4. The standard InChI is InChI=1S/C27H46O14S4/c1-36-27-26(40-9-5-13-45-18-23(34)35)25(39-8-4-12-44-17-22(32)33)24(38-7-3-11-43-16-21(30)31)19(41-27)14-37-6-2-10-42-15-20(28)29/h19,24-27H,2-18H2,1H3,(H,28,29)(H,30,31)(H,32,33)(H,34,35)/t19-,24-,25+,26-,27-/m1/s1. The third kappa shape index (κ3) is 21.5. The first kappa shape index (κ1) is 42.1. The fraction of sp³-hybridized carbons (Fsp3) is 0.852. The molecule has 14 nitrogen and oxygen atoms in total. The molecule has 1 heterocycles. The van der Waals surface area contributed by atoms with Gasteiger partial charge in [0.1, 0.15) is 24.4 Å². The van der Waals surface area contributed by atoms with E-state index in [1.54, 1.807) is 0 Å². The number of carboxylic acid groups (broad SMARTS) is 4. The van der Waals surface area contributed by atoms with Crippen molar-refractivity contribution in [1.29, 1.82) is 0 Å². The first-order valence-corrected chi connectivity index (χ1v) is 19.1. The van der Waals surface area contributed by atoms with Gasteiger partial charge in [0, 0.05) is 33.5 Å². The molecule has 45 heavy (non-hydrogen) atoms. The van der Waals surface area contributed by atoms with Crippen LogP contribution in [-0.4, -0.2) is 161 Å². The average Bonchev–Trinajstić information content (AvgIpc) is 2.98. The Balaban J connectivity index is 2.94. The molecule has 0 aromatic rings. The number of hydrogen-bond acceptors (Lipinski definition) is 14. The first-order chi connectivity index (χ1) is 21.6. The summed E-state index contributed by atoms with van der Waals surface area (Å²) < 4.78 is 36.6. The Bertz CT molecular complexity index is 839. The second-order valence-corrected chi connectivity index (χ2v) is 14.0. The zero-order valence-corrected chi connectivity index (χ0v) is 28.7. The molecule has 0 spiro atoms. The summed E-state index contributed by atoms with van der Waals surface area (Å²) in [6.07, 6.45) is -1.01. The van der Waals surface area contributed by atoms with E-state index in [-0.39, 0.29) is 29.6 Å². The van der Waals surface area contributed by atoms with Gasteiger partial charge in [0.15, 0.2) is 6.29 Å². The minimum Gasteiger partial charge on any atom is -0.481 e. The maximum atomic E-state index is 10.8. The Morgan fingerprint density at radius 1 is 0.578 bits per heavy atom. The summed E-state index contributed by atoms with van der Waals surface area (Å²) >= 11 is 5.17. The van der Waals surface area contributed by atoms with Gasteiger partial charge >= 0.3 is 23.9 Å². The van der Waals surface area contributed by atoms with E-state index in [4.69, 9.17) is 48.8 Å². The van der Waals surface area contributed by atoms with Gasteiger partial charge in [-0.05, 0) is 48.7 Å². The van der Waals surface area contributed by atoms with Gasteiger partial charge in [-0.1, -0.05) is 0 Å². The third-order valence-corrected chi connectivity index (χ3v) is 9.93. The molecule has 1 aliphatic rings. The molecular weight excluding hydrogens is 677 g/mol. The summed E-state index contributed by atoms with van der Waals surface area (Å²) in [6, 6.07) is 0. The van der Waals surface area contributed by atoms with Gasteiger partial charge in [-0.25, -0.2) is 0 Å². The Labute approximate surface area is 280 Å². The summed E-state index contributed by atoms with van der Waals surface area (Å²) in [5, 5.41) is 35.5. The minimum absolute atomic E-state index is 0.000542. The Morgan fingerprint density at radius 2 is 0.956 bits per heavy atom. The second-order valence-electron chi connectivity index (χ2n) is 9.56. The Morgan fingerprint density at radius 3 is 1.36 bits per heavy atom. The third-order valence-electron chi connectivity index (χ3n) is 5.82. The first-order valence-electron chi connectivity index (χ1n) is 14.4. The normalized spacial score (nSPS) is 21.5. The van der Waals surface area contributed by atoms with Crippen molar-refractivity contribution >= 4 is 70.9 Å². The number of carboxylic acids is 4. The maximum Gasteiger partial charge on any atom is 0.313 e. The second kappa shape index (κ2) is 27.0. The van der Waals surface area contributed by atoms with E-state index in [1.807, 2.05) is 0 Å². The van der Waals surface area contributed by atoms with Crippen LogP contribution >= 0.6 is 47.0 Å². The van der Waals surface area contributed by atoms with Gasteiger partial charge < -0.3 is 48.8 Å². The summed E-state index contributed by atoms with van der Waals surface area (Å²) in [6.45, 7) is 1.42. The van der Waals surface area contributed by atoms with Gasteiger partial charge in [-0.15, -0.1) is 0 Å². The Kier molecular flexibility index (Phi) is 25.3. The van der Waals surface area contributed by atoms with E-state index in [2.05, 4.69) is 0 Å². The molecule has 0 bridgehead atoms. The fourth-order valence-electron chi connectivity index (χ4n) is 4.01. The molecule has 262 valence electrons. The van der Waals surface area contributed by atoms with E-state index in [1.165, 1.54) is 54.2 Å². The fourth-order valence-corrected chi connectivity index (χ4v) is 6.57. The van der Waals surface area contributed by atoms with Crippen molar-refractivity contribution in [3.05, 3.63) is 0 Å². The molecule has 1 rings (SSSR count). The van der Waals surface area contributed by atoms with Gasteiger partial charge in [0.2, 0.25) is 0 Å². The highest BCUT2D eigenvalue weighted by Crippen LogP contribution is 2.30. The predicted octanol–water partition coefficient (Wildman–Crippen LogP) is 2.36. The van der Waals surface area contributed by atoms with Crippen LogP contribution in [0.5, 0.6) is 0 Å². The van der Waals surface area contributed by atoms with Crippen LogP contribution in [0.25, 0.3) is 0 Å². The van der Waals surface area contributed by atoms with Gasteiger partial charge in [-0.3, -0.25) is 19.2 Å². The topological polar surface area (TPSA) is 205 Å². The molecule has 1 fully saturated rings. The van der Waals surface area contributed by atoms with E-state index in [9.17, 15) is 19.2 Å². The molecule has 4 N–H and O–H groups in total. The van der Waals surface area contributed by atoms with Crippen molar-refractivity contribution in [2.24, 2.45) is 0 Å². The summed E-state index contributed by atoms with van der Waals surface area (Å²) in [5.41, 5.74) is 0. The lowest BCUT2D eigenvalue weighted by molar-refractivity contribution is -0.318. The van der Waals surface area contributed by atoms with Crippen LogP contribution in [0, 0.1) is 0 Å². The molecule has 0 radical (unpaired) electrons. The van der Waals surface area contributed by atoms with Crippen LogP contribution in [0.15, 0.2) is 0 Å². The van der Waals surface area contributed by atoms with Gasteiger partial charge in [0.05, 0.1) is 29.6 Å². The SMILES string of the molecule is CO[C@@H]1O[C@H](COCCCSCC(=O)O)[C@@H](OCCCSCC(=O)O)[C@H](OCCCSCC(=O)O)[C@H]1OCCCSCC(=O)O. The minimum atomic E-state index is -0.887. The summed E-state index contributed by atoms with van der Waals surface area (Å²) in [4.78, 5) is 43.2. The van der Waals surface area contributed by atoms with Crippen molar-refractivity contribution in [2.45, 2.75) is 56.4 Å². The zero-order chi connectivity index (χ0) is 33.3.